The molecule has 2 atom stereocenters. The maximum absolute atomic E-state index is 12.3. The second kappa shape index (κ2) is 36.3. The predicted octanol–water partition coefficient (Wildman–Crippen LogP) is 11.2. The molecule has 0 bridgehead atoms. The van der Waals surface area contributed by atoms with Gasteiger partial charge in [-0.05, 0) is 64.2 Å². The third-order valence-electron chi connectivity index (χ3n) is 7.95. The lowest BCUT2D eigenvalue weighted by Gasteiger charge is -2.20. The molecule has 0 radical (unpaired) electrons. The van der Waals surface area contributed by atoms with E-state index in [1.165, 1.54) is 70.6 Å². The molecule has 0 aliphatic carbocycles. The van der Waals surface area contributed by atoms with Crippen LogP contribution in [0.3, 0.4) is 0 Å². The molecule has 3 N–H and O–H groups in total. The molecule has 0 saturated heterocycles. The molecule has 4 nitrogen and oxygen atoms in total. The summed E-state index contributed by atoms with van der Waals surface area (Å²) in [6, 6.07) is -0.634. The van der Waals surface area contributed by atoms with Gasteiger partial charge in [-0.2, -0.15) is 0 Å². The molecule has 4 heteroatoms. The number of amides is 1. The molecule has 45 heavy (non-hydrogen) atoms. The lowest BCUT2D eigenvalue weighted by molar-refractivity contribution is -0.123. The molecule has 0 saturated carbocycles. The number of hydrogen-bond acceptors (Lipinski definition) is 3. The maximum Gasteiger partial charge on any atom is 0.220 e. The molecule has 0 aliphatic heterocycles. The van der Waals surface area contributed by atoms with Crippen molar-refractivity contribution in [2.45, 2.75) is 174 Å². The van der Waals surface area contributed by atoms with Gasteiger partial charge in [0.15, 0.2) is 0 Å². The number of nitrogens with one attached hydrogen (secondary N) is 1. The molecular weight excluding hydrogens is 554 g/mol. The number of hydrogen-bond donors (Lipinski definition) is 3. The highest BCUT2D eigenvalue weighted by molar-refractivity contribution is 5.76. The van der Waals surface area contributed by atoms with Crippen LogP contribution in [0.25, 0.3) is 0 Å². The van der Waals surface area contributed by atoms with Gasteiger partial charge in [0.2, 0.25) is 5.91 Å². The van der Waals surface area contributed by atoms with Crippen molar-refractivity contribution in [3.05, 3.63) is 72.9 Å². The van der Waals surface area contributed by atoms with Crippen molar-refractivity contribution < 1.29 is 15.0 Å². The molecule has 0 aromatic carbocycles. The summed E-state index contributed by atoms with van der Waals surface area (Å²) in [6.45, 7) is 4.16. The van der Waals surface area contributed by atoms with Gasteiger partial charge in [-0.25, -0.2) is 0 Å². The molecule has 0 heterocycles. The lowest BCUT2D eigenvalue weighted by atomic mass is 10.1. The fourth-order valence-corrected chi connectivity index (χ4v) is 5.08. The van der Waals surface area contributed by atoms with Crippen molar-refractivity contribution in [2.24, 2.45) is 0 Å². The van der Waals surface area contributed by atoms with Crippen LogP contribution in [0.1, 0.15) is 162 Å². The Bertz CT molecular complexity index is 808. The van der Waals surface area contributed by atoms with Crippen molar-refractivity contribution in [1.29, 1.82) is 0 Å². The number of allylic oxidation sites excluding steroid dienone is 11. The number of aliphatic hydroxyl groups is 2. The number of unbranched alkanes of at least 4 members (excludes halogenated alkanes) is 15. The van der Waals surface area contributed by atoms with Crippen molar-refractivity contribution in [3.8, 4) is 0 Å². The summed E-state index contributed by atoms with van der Waals surface area (Å²) >= 11 is 0. The second-order valence-corrected chi connectivity index (χ2v) is 12.3. The van der Waals surface area contributed by atoms with E-state index in [1.807, 2.05) is 6.08 Å². The van der Waals surface area contributed by atoms with Crippen molar-refractivity contribution in [2.75, 3.05) is 6.61 Å². The summed E-state index contributed by atoms with van der Waals surface area (Å²) in [5.74, 6) is -0.0880. The molecule has 1 amide bonds. The molecule has 0 aromatic rings. The van der Waals surface area contributed by atoms with E-state index in [0.717, 1.165) is 70.6 Å². The van der Waals surface area contributed by atoms with Crippen LogP contribution in [0.15, 0.2) is 72.9 Å². The Kier molecular flexibility index (Phi) is 34.5. The number of rotatable bonds is 32. The Balaban J connectivity index is 3.71. The first-order chi connectivity index (χ1) is 22.2. The summed E-state index contributed by atoms with van der Waals surface area (Å²) in [5.41, 5.74) is 0. The van der Waals surface area contributed by atoms with Crippen LogP contribution in [0, 0.1) is 0 Å². The van der Waals surface area contributed by atoms with Crippen LogP contribution >= 0.6 is 0 Å². The molecule has 0 aromatic heterocycles. The van der Waals surface area contributed by atoms with E-state index < -0.39 is 12.1 Å². The number of aliphatic hydroxyl groups excluding tert-OH is 2. The van der Waals surface area contributed by atoms with Crippen LogP contribution in [-0.2, 0) is 4.79 Å². The molecule has 2 unspecified atom stereocenters. The Labute approximate surface area is 278 Å². The van der Waals surface area contributed by atoms with Gasteiger partial charge in [0.05, 0.1) is 18.8 Å². The Morgan fingerprint density at radius 1 is 0.556 bits per heavy atom. The third-order valence-corrected chi connectivity index (χ3v) is 7.95. The minimum atomic E-state index is -0.849. The third kappa shape index (κ3) is 33.0. The highest BCUT2D eigenvalue weighted by Crippen LogP contribution is 2.12. The molecule has 0 rings (SSSR count). The Morgan fingerprint density at radius 3 is 1.47 bits per heavy atom. The highest BCUT2D eigenvalue weighted by atomic mass is 16.3. The number of carbonyl (C=O) groups is 1. The molecule has 0 fully saturated rings. The van der Waals surface area contributed by atoms with Gasteiger partial charge >= 0.3 is 0 Å². The minimum Gasteiger partial charge on any atom is -0.394 e. The maximum atomic E-state index is 12.3. The molecule has 0 spiro atoms. The van der Waals surface area contributed by atoms with Gasteiger partial charge in [-0.1, -0.05) is 164 Å². The number of carbonyl (C=O) groups excluding carboxylic acids is 1. The van der Waals surface area contributed by atoms with E-state index >= 15 is 0 Å². The molecule has 258 valence electrons. The quantitative estimate of drug-likeness (QED) is 0.0514. The van der Waals surface area contributed by atoms with Gasteiger partial charge in [-0.3, -0.25) is 4.79 Å². The summed E-state index contributed by atoms with van der Waals surface area (Å²) in [7, 11) is 0. The zero-order valence-corrected chi connectivity index (χ0v) is 29.4. The van der Waals surface area contributed by atoms with E-state index in [4.69, 9.17) is 0 Å². The summed E-state index contributed by atoms with van der Waals surface area (Å²) in [4.78, 5) is 12.3. The topological polar surface area (TPSA) is 69.6 Å². The Morgan fingerprint density at radius 2 is 0.978 bits per heavy atom. The van der Waals surface area contributed by atoms with Gasteiger partial charge in [0.25, 0.3) is 0 Å². The summed E-state index contributed by atoms with van der Waals surface area (Å²) < 4.78 is 0. The lowest BCUT2D eigenvalue weighted by Crippen LogP contribution is -2.45. The zero-order chi connectivity index (χ0) is 32.9. The van der Waals surface area contributed by atoms with Gasteiger partial charge in [-0.15, -0.1) is 0 Å². The molecular formula is C41H71NO3. The average Bonchev–Trinajstić information content (AvgIpc) is 3.04. The fraction of sp³-hybridized carbons (Fsp3) is 0.683. The highest BCUT2D eigenvalue weighted by Gasteiger charge is 2.17. The monoisotopic (exact) mass is 626 g/mol. The first-order valence-electron chi connectivity index (χ1n) is 18.7. The standard InChI is InChI=1S/C41H71NO3/c1-3-5-7-9-11-13-15-17-18-19-20-21-22-23-24-25-27-29-31-33-35-37-41(45)42-39(38-43)40(44)36-34-32-30-28-26-16-14-12-10-8-6-4-2/h5,7,11,13,17-18,20-21,23-24,34,36,39-40,43-44H,3-4,6,8-10,12,14-16,19,22,25-33,35,37-38H2,1-2H3,(H,42,45)/b7-5-,13-11-,18-17-,21-20-,24-23-,36-34+. The fourth-order valence-electron chi connectivity index (χ4n) is 5.08. The van der Waals surface area contributed by atoms with Crippen molar-refractivity contribution in [1.82, 2.24) is 5.32 Å². The predicted molar refractivity (Wildman–Crippen MR) is 197 cm³/mol. The largest absolute Gasteiger partial charge is 0.394 e. The summed E-state index contributed by atoms with van der Waals surface area (Å²) in [6.07, 6.45) is 51.2. The minimum absolute atomic E-state index is 0.0880. The van der Waals surface area contributed by atoms with Crippen LogP contribution in [0.5, 0.6) is 0 Å². The van der Waals surface area contributed by atoms with Crippen molar-refractivity contribution in [3.63, 3.8) is 0 Å². The van der Waals surface area contributed by atoms with E-state index in [0.29, 0.717) is 6.42 Å². The zero-order valence-electron chi connectivity index (χ0n) is 29.4. The van der Waals surface area contributed by atoms with Crippen LogP contribution in [0.4, 0.5) is 0 Å². The smallest absolute Gasteiger partial charge is 0.220 e. The van der Waals surface area contributed by atoms with Crippen LogP contribution in [-0.4, -0.2) is 34.9 Å². The first-order valence-corrected chi connectivity index (χ1v) is 18.7. The first kappa shape index (κ1) is 42.8. The van der Waals surface area contributed by atoms with Crippen LogP contribution < -0.4 is 5.32 Å². The van der Waals surface area contributed by atoms with E-state index in [1.54, 1.807) is 6.08 Å². The van der Waals surface area contributed by atoms with Crippen LogP contribution in [0.2, 0.25) is 0 Å². The summed E-state index contributed by atoms with van der Waals surface area (Å²) in [5, 5.41) is 22.9. The molecule has 0 aliphatic rings. The van der Waals surface area contributed by atoms with E-state index in [-0.39, 0.29) is 12.5 Å². The SMILES string of the molecule is CC/C=C\C/C=C\C/C=C\C/C=C\C/C=C\CCCCCCCC(=O)NC(CO)C(O)/C=C/CCCCCCCCCCCC. The van der Waals surface area contributed by atoms with E-state index in [9.17, 15) is 15.0 Å². The van der Waals surface area contributed by atoms with Gasteiger partial charge in [0, 0.05) is 6.42 Å². The Hall–Kier alpha value is -2.17. The van der Waals surface area contributed by atoms with E-state index in [2.05, 4.69) is 79.9 Å². The van der Waals surface area contributed by atoms with Gasteiger partial charge < -0.3 is 15.5 Å². The second-order valence-electron chi connectivity index (χ2n) is 12.3. The van der Waals surface area contributed by atoms with Crippen molar-refractivity contribution >= 4 is 5.91 Å². The average molecular weight is 626 g/mol. The van der Waals surface area contributed by atoms with Gasteiger partial charge in [0.1, 0.15) is 0 Å². The normalized spacial score (nSPS) is 14.0.